The second-order valence-electron chi connectivity index (χ2n) is 7.59. The van der Waals surface area contributed by atoms with Crippen LogP contribution in [0.1, 0.15) is 41.6 Å². The molecule has 1 fully saturated rings. The average Bonchev–Trinajstić information content (AvgIpc) is 3.31. The molecule has 0 radical (unpaired) electrons. The van der Waals surface area contributed by atoms with E-state index >= 15 is 0 Å². The molecular weight excluding hydrogens is 402 g/mol. The summed E-state index contributed by atoms with van der Waals surface area (Å²) in [5.41, 5.74) is 2.50. The summed E-state index contributed by atoms with van der Waals surface area (Å²) in [4.78, 5) is 18.9. The summed E-state index contributed by atoms with van der Waals surface area (Å²) in [6.07, 6.45) is 1.45. The Morgan fingerprint density at radius 2 is 1.97 bits per heavy atom. The highest BCUT2D eigenvalue weighted by molar-refractivity contribution is 7.98. The van der Waals surface area contributed by atoms with Crippen LogP contribution < -0.4 is 0 Å². The summed E-state index contributed by atoms with van der Waals surface area (Å²) < 4.78 is 13.3. The predicted molar refractivity (Wildman–Crippen MR) is 113 cm³/mol. The number of carbonyl (C=O) groups is 1. The lowest BCUT2D eigenvalue weighted by Gasteiger charge is -2.34. The standard InChI is InChI=1S/C21H25N5O3S/c1-13-6-5-7-17(8-13)26-16(4)23-24-21(26)30-12-19-22-18(11-28-19)20(27)25-9-14(2)29-15(3)10-25/h5-8,11,14-15H,9-10,12H2,1-4H3. The molecule has 0 N–H and O–H groups in total. The van der Waals surface area contributed by atoms with Crippen molar-refractivity contribution in [1.29, 1.82) is 0 Å². The van der Waals surface area contributed by atoms with Crippen molar-refractivity contribution >= 4 is 17.7 Å². The zero-order valence-corrected chi connectivity index (χ0v) is 18.3. The molecule has 0 aliphatic carbocycles. The summed E-state index contributed by atoms with van der Waals surface area (Å²) >= 11 is 1.47. The Morgan fingerprint density at radius 1 is 1.20 bits per heavy atom. The molecule has 30 heavy (non-hydrogen) atoms. The SMILES string of the molecule is Cc1cccc(-n2c(C)nnc2SCc2nc(C(=O)N3CC(C)OC(C)C3)co2)c1. The van der Waals surface area contributed by atoms with E-state index in [1.165, 1.54) is 23.6 Å². The van der Waals surface area contributed by atoms with Crippen LogP contribution >= 0.6 is 11.8 Å². The third-order valence-electron chi connectivity index (χ3n) is 4.86. The fourth-order valence-corrected chi connectivity index (χ4v) is 4.46. The molecule has 8 nitrogen and oxygen atoms in total. The van der Waals surface area contributed by atoms with Crippen molar-refractivity contribution in [2.75, 3.05) is 13.1 Å². The second-order valence-corrected chi connectivity index (χ2v) is 8.53. The fraction of sp³-hybridized carbons (Fsp3) is 0.429. The zero-order valence-electron chi connectivity index (χ0n) is 17.5. The third-order valence-corrected chi connectivity index (χ3v) is 5.77. The number of hydrogen-bond donors (Lipinski definition) is 0. The van der Waals surface area contributed by atoms with E-state index < -0.39 is 0 Å². The van der Waals surface area contributed by atoms with Crippen molar-refractivity contribution in [2.24, 2.45) is 0 Å². The van der Waals surface area contributed by atoms with Crippen molar-refractivity contribution in [3.63, 3.8) is 0 Å². The van der Waals surface area contributed by atoms with Crippen LogP contribution in [0.3, 0.4) is 0 Å². The first-order chi connectivity index (χ1) is 14.4. The number of ether oxygens (including phenoxy) is 1. The molecule has 0 saturated carbocycles. The molecule has 1 aromatic carbocycles. The van der Waals surface area contributed by atoms with Crippen molar-refractivity contribution in [3.05, 3.63) is 53.5 Å². The van der Waals surface area contributed by atoms with Gasteiger partial charge in [-0.3, -0.25) is 9.36 Å². The number of nitrogens with zero attached hydrogens (tertiary/aromatic N) is 5. The van der Waals surface area contributed by atoms with Crippen LogP contribution in [0.4, 0.5) is 0 Å². The molecule has 1 saturated heterocycles. The molecule has 9 heteroatoms. The number of amides is 1. The van der Waals surface area contributed by atoms with Gasteiger partial charge in [-0.25, -0.2) is 4.98 Å². The highest BCUT2D eigenvalue weighted by atomic mass is 32.2. The molecule has 0 spiro atoms. The van der Waals surface area contributed by atoms with Gasteiger partial charge in [-0.05, 0) is 45.4 Å². The van der Waals surface area contributed by atoms with Gasteiger partial charge in [0.1, 0.15) is 12.1 Å². The molecule has 158 valence electrons. The van der Waals surface area contributed by atoms with E-state index in [4.69, 9.17) is 9.15 Å². The maximum absolute atomic E-state index is 12.8. The van der Waals surface area contributed by atoms with E-state index in [0.29, 0.717) is 30.4 Å². The van der Waals surface area contributed by atoms with Gasteiger partial charge in [0.15, 0.2) is 10.9 Å². The highest BCUT2D eigenvalue weighted by Crippen LogP contribution is 2.25. The molecule has 1 aliphatic rings. The molecule has 4 rings (SSSR count). The summed E-state index contributed by atoms with van der Waals surface area (Å²) in [5, 5.41) is 9.25. The Bertz CT molecular complexity index is 1040. The Labute approximate surface area is 179 Å². The van der Waals surface area contributed by atoms with Crippen LogP contribution in [0.15, 0.2) is 40.1 Å². The van der Waals surface area contributed by atoms with E-state index in [2.05, 4.69) is 34.2 Å². The first kappa shape index (κ1) is 20.6. The number of oxazole rings is 1. The lowest BCUT2D eigenvalue weighted by molar-refractivity contribution is -0.0587. The van der Waals surface area contributed by atoms with Crippen LogP contribution in [0.2, 0.25) is 0 Å². The van der Waals surface area contributed by atoms with Gasteiger partial charge in [0.2, 0.25) is 5.89 Å². The second kappa shape index (κ2) is 8.61. The number of rotatable bonds is 5. The summed E-state index contributed by atoms with van der Waals surface area (Å²) in [6.45, 7) is 9.02. The minimum atomic E-state index is -0.129. The number of hydrogen-bond acceptors (Lipinski definition) is 7. The molecule has 1 aliphatic heterocycles. The van der Waals surface area contributed by atoms with Gasteiger partial charge in [0.05, 0.1) is 18.0 Å². The fourth-order valence-electron chi connectivity index (χ4n) is 3.61. The van der Waals surface area contributed by atoms with Crippen LogP contribution in [0.5, 0.6) is 0 Å². The molecule has 2 unspecified atom stereocenters. The van der Waals surface area contributed by atoms with Gasteiger partial charge < -0.3 is 14.1 Å². The van der Waals surface area contributed by atoms with Crippen LogP contribution in [0.25, 0.3) is 5.69 Å². The number of thioether (sulfide) groups is 1. The van der Waals surface area contributed by atoms with E-state index in [9.17, 15) is 4.79 Å². The molecule has 1 amide bonds. The average molecular weight is 428 g/mol. The molecule has 2 aromatic heterocycles. The largest absolute Gasteiger partial charge is 0.447 e. The van der Waals surface area contributed by atoms with Crippen LogP contribution in [-0.4, -0.2) is 55.9 Å². The quantitative estimate of drug-likeness (QED) is 0.577. The molecule has 3 heterocycles. The van der Waals surface area contributed by atoms with E-state index in [1.807, 2.05) is 37.5 Å². The smallest absolute Gasteiger partial charge is 0.275 e. The highest BCUT2D eigenvalue weighted by Gasteiger charge is 2.28. The topological polar surface area (TPSA) is 86.3 Å². The maximum atomic E-state index is 12.8. The van der Waals surface area contributed by atoms with Crippen LogP contribution in [0, 0.1) is 13.8 Å². The van der Waals surface area contributed by atoms with Gasteiger partial charge in [0, 0.05) is 18.8 Å². The van der Waals surface area contributed by atoms with Gasteiger partial charge in [-0.15, -0.1) is 10.2 Å². The molecular formula is C21H25N5O3S. The van der Waals surface area contributed by atoms with Gasteiger partial charge in [-0.2, -0.15) is 0 Å². The normalized spacial score (nSPS) is 19.3. The van der Waals surface area contributed by atoms with E-state index in [-0.39, 0.29) is 18.1 Å². The minimum Gasteiger partial charge on any atom is -0.447 e. The van der Waals surface area contributed by atoms with Gasteiger partial charge in [0.25, 0.3) is 5.91 Å². The van der Waals surface area contributed by atoms with Crippen molar-refractivity contribution in [1.82, 2.24) is 24.6 Å². The molecule has 0 bridgehead atoms. The van der Waals surface area contributed by atoms with Gasteiger partial charge in [-0.1, -0.05) is 23.9 Å². The lowest BCUT2D eigenvalue weighted by atomic mass is 10.2. The number of benzene rings is 1. The third kappa shape index (κ3) is 4.41. The summed E-state index contributed by atoms with van der Waals surface area (Å²) in [5.74, 6) is 1.61. The predicted octanol–water partition coefficient (Wildman–Crippen LogP) is 3.41. The van der Waals surface area contributed by atoms with E-state index in [0.717, 1.165) is 16.7 Å². The number of aryl methyl sites for hydroxylation is 2. The van der Waals surface area contributed by atoms with Crippen molar-refractivity contribution in [3.8, 4) is 5.69 Å². The van der Waals surface area contributed by atoms with Crippen LogP contribution in [-0.2, 0) is 10.5 Å². The molecule has 2 atom stereocenters. The Hall–Kier alpha value is -2.65. The first-order valence-electron chi connectivity index (χ1n) is 9.91. The monoisotopic (exact) mass is 427 g/mol. The minimum absolute atomic E-state index is 0.0100. The maximum Gasteiger partial charge on any atom is 0.275 e. The number of carbonyl (C=O) groups excluding carboxylic acids is 1. The Kier molecular flexibility index (Phi) is 5.92. The first-order valence-corrected chi connectivity index (χ1v) is 10.9. The Balaban J connectivity index is 1.45. The Morgan fingerprint density at radius 3 is 2.70 bits per heavy atom. The summed E-state index contributed by atoms with van der Waals surface area (Å²) in [6, 6.07) is 8.18. The molecule has 3 aromatic rings. The van der Waals surface area contributed by atoms with Gasteiger partial charge >= 0.3 is 0 Å². The zero-order chi connectivity index (χ0) is 21.3. The number of aromatic nitrogens is 4. The lowest BCUT2D eigenvalue weighted by Crippen LogP contribution is -2.48. The summed E-state index contributed by atoms with van der Waals surface area (Å²) in [7, 11) is 0. The number of morpholine rings is 1. The van der Waals surface area contributed by atoms with E-state index in [1.54, 1.807) is 4.90 Å². The van der Waals surface area contributed by atoms with Crippen molar-refractivity contribution in [2.45, 2.75) is 50.8 Å². The van der Waals surface area contributed by atoms with Crippen molar-refractivity contribution < 1.29 is 13.9 Å².